The number of rotatable bonds is 1. The van der Waals surface area contributed by atoms with E-state index in [2.05, 4.69) is 38.5 Å². The van der Waals surface area contributed by atoms with Gasteiger partial charge in [-0.3, -0.25) is 0 Å². The van der Waals surface area contributed by atoms with Gasteiger partial charge < -0.3 is 4.74 Å². The van der Waals surface area contributed by atoms with Crippen LogP contribution in [0.4, 0.5) is 0 Å². The fraction of sp³-hybridized carbons (Fsp3) is 1.00. The molecule has 0 aromatic rings. The highest BCUT2D eigenvalue weighted by molar-refractivity contribution is 4.76. The summed E-state index contributed by atoms with van der Waals surface area (Å²) in [6.07, 6.45) is 1.31. The SMILES string of the molecule is CCC1NNC(C(C)(C)C)O1. The van der Waals surface area contributed by atoms with Crippen LogP contribution in [0, 0.1) is 5.41 Å². The molecule has 0 saturated carbocycles. The summed E-state index contributed by atoms with van der Waals surface area (Å²) in [6, 6.07) is 0. The van der Waals surface area contributed by atoms with Gasteiger partial charge >= 0.3 is 0 Å². The van der Waals surface area contributed by atoms with Gasteiger partial charge in [0, 0.05) is 5.41 Å². The van der Waals surface area contributed by atoms with Crippen LogP contribution in [0.25, 0.3) is 0 Å². The Kier molecular flexibility index (Phi) is 2.52. The molecule has 0 bridgehead atoms. The summed E-state index contributed by atoms with van der Waals surface area (Å²) in [4.78, 5) is 0. The minimum Gasteiger partial charge on any atom is -0.342 e. The molecule has 0 radical (unpaired) electrons. The molecule has 0 aromatic heterocycles. The van der Waals surface area contributed by atoms with Crippen molar-refractivity contribution in [1.82, 2.24) is 10.9 Å². The number of hydrogen-bond donors (Lipinski definition) is 2. The molecule has 66 valence electrons. The molecule has 0 aliphatic carbocycles. The summed E-state index contributed by atoms with van der Waals surface area (Å²) in [6.45, 7) is 8.57. The van der Waals surface area contributed by atoms with Gasteiger partial charge in [0.25, 0.3) is 0 Å². The number of nitrogens with one attached hydrogen (secondary N) is 2. The molecule has 11 heavy (non-hydrogen) atoms. The van der Waals surface area contributed by atoms with E-state index in [0.29, 0.717) is 0 Å². The van der Waals surface area contributed by atoms with Crippen molar-refractivity contribution in [1.29, 1.82) is 0 Å². The topological polar surface area (TPSA) is 33.3 Å². The third kappa shape index (κ3) is 2.15. The highest BCUT2D eigenvalue weighted by atomic mass is 16.5. The number of ether oxygens (including phenoxy) is 1. The van der Waals surface area contributed by atoms with Gasteiger partial charge in [-0.15, -0.1) is 0 Å². The van der Waals surface area contributed by atoms with Gasteiger partial charge in [-0.25, -0.2) is 10.9 Å². The van der Waals surface area contributed by atoms with Crippen molar-refractivity contribution in [3.8, 4) is 0 Å². The highest BCUT2D eigenvalue weighted by Gasteiger charge is 2.32. The minimum atomic E-state index is 0.132. The molecule has 1 aliphatic rings. The predicted octanol–water partition coefficient (Wildman–Crippen LogP) is 1.22. The lowest BCUT2D eigenvalue weighted by Crippen LogP contribution is -2.40. The van der Waals surface area contributed by atoms with Gasteiger partial charge in [0.15, 0.2) is 0 Å². The Labute approximate surface area is 68.5 Å². The van der Waals surface area contributed by atoms with E-state index in [4.69, 9.17) is 4.74 Å². The molecule has 2 N–H and O–H groups in total. The Morgan fingerprint density at radius 2 is 1.91 bits per heavy atom. The second-order valence-corrected chi connectivity index (χ2v) is 4.07. The maximum atomic E-state index is 5.65. The normalized spacial score (nSPS) is 32.7. The Morgan fingerprint density at radius 1 is 1.27 bits per heavy atom. The Hall–Kier alpha value is -0.120. The van der Waals surface area contributed by atoms with Crippen LogP contribution in [-0.2, 0) is 4.74 Å². The van der Waals surface area contributed by atoms with Gasteiger partial charge in [0.2, 0.25) is 0 Å². The average Bonchev–Trinajstić information content (AvgIpc) is 2.32. The van der Waals surface area contributed by atoms with Gasteiger partial charge in [0.05, 0.1) is 0 Å². The van der Waals surface area contributed by atoms with E-state index in [1.807, 2.05) is 0 Å². The van der Waals surface area contributed by atoms with Crippen LogP contribution in [0.2, 0.25) is 0 Å². The fourth-order valence-electron chi connectivity index (χ4n) is 1.02. The summed E-state index contributed by atoms with van der Waals surface area (Å²) in [7, 11) is 0. The van der Waals surface area contributed by atoms with E-state index in [0.717, 1.165) is 6.42 Å². The molecule has 1 fully saturated rings. The number of hydrazine groups is 1. The Morgan fingerprint density at radius 3 is 2.18 bits per heavy atom. The molecule has 1 saturated heterocycles. The highest BCUT2D eigenvalue weighted by Crippen LogP contribution is 2.23. The van der Waals surface area contributed by atoms with Crippen LogP contribution in [-0.4, -0.2) is 12.5 Å². The van der Waals surface area contributed by atoms with Gasteiger partial charge in [-0.1, -0.05) is 27.7 Å². The molecule has 3 heteroatoms. The van der Waals surface area contributed by atoms with Crippen LogP contribution < -0.4 is 10.9 Å². The molecule has 2 unspecified atom stereocenters. The lowest BCUT2D eigenvalue weighted by Gasteiger charge is -2.25. The molecular weight excluding hydrogens is 140 g/mol. The second-order valence-electron chi connectivity index (χ2n) is 4.07. The molecule has 0 aromatic carbocycles. The fourth-order valence-corrected chi connectivity index (χ4v) is 1.02. The van der Waals surface area contributed by atoms with Crippen LogP contribution in [0.5, 0.6) is 0 Å². The van der Waals surface area contributed by atoms with E-state index in [-0.39, 0.29) is 17.9 Å². The number of hydrogen-bond acceptors (Lipinski definition) is 3. The van der Waals surface area contributed by atoms with Crippen LogP contribution >= 0.6 is 0 Å². The van der Waals surface area contributed by atoms with Gasteiger partial charge in [0.1, 0.15) is 12.5 Å². The predicted molar refractivity (Wildman–Crippen MR) is 44.7 cm³/mol. The third-order valence-electron chi connectivity index (χ3n) is 1.83. The largest absolute Gasteiger partial charge is 0.342 e. The van der Waals surface area contributed by atoms with Crippen molar-refractivity contribution in [3.63, 3.8) is 0 Å². The summed E-state index contributed by atoms with van der Waals surface area (Å²) in [5, 5.41) is 0. The van der Waals surface area contributed by atoms with Crippen LogP contribution in [0.3, 0.4) is 0 Å². The monoisotopic (exact) mass is 158 g/mol. The molecule has 1 heterocycles. The van der Waals surface area contributed by atoms with Crippen LogP contribution in [0.15, 0.2) is 0 Å². The molecule has 1 aliphatic heterocycles. The molecular formula is C8H18N2O. The van der Waals surface area contributed by atoms with E-state index in [1.54, 1.807) is 0 Å². The molecule has 1 rings (SSSR count). The first kappa shape index (κ1) is 8.97. The molecule has 2 atom stereocenters. The van der Waals surface area contributed by atoms with E-state index in [9.17, 15) is 0 Å². The molecule has 0 spiro atoms. The lowest BCUT2D eigenvalue weighted by atomic mass is 9.95. The lowest BCUT2D eigenvalue weighted by molar-refractivity contribution is -0.0257. The average molecular weight is 158 g/mol. The van der Waals surface area contributed by atoms with Gasteiger partial charge in [-0.2, -0.15) is 0 Å². The summed E-state index contributed by atoms with van der Waals surface area (Å²) in [5.41, 5.74) is 6.38. The first-order valence-electron chi connectivity index (χ1n) is 4.20. The maximum Gasteiger partial charge on any atom is 0.127 e. The maximum absolute atomic E-state index is 5.65. The smallest absolute Gasteiger partial charge is 0.127 e. The van der Waals surface area contributed by atoms with Crippen molar-refractivity contribution in [2.24, 2.45) is 5.41 Å². The Balaban J connectivity index is 2.42. The minimum absolute atomic E-state index is 0.132. The summed E-state index contributed by atoms with van der Waals surface area (Å²) >= 11 is 0. The van der Waals surface area contributed by atoms with Crippen molar-refractivity contribution < 1.29 is 4.74 Å². The zero-order valence-corrected chi connectivity index (χ0v) is 7.77. The van der Waals surface area contributed by atoms with Crippen molar-refractivity contribution in [2.75, 3.05) is 0 Å². The van der Waals surface area contributed by atoms with Crippen LogP contribution in [0.1, 0.15) is 34.1 Å². The van der Waals surface area contributed by atoms with E-state index in [1.165, 1.54) is 0 Å². The summed E-state index contributed by atoms with van der Waals surface area (Å²) in [5.74, 6) is 0. The van der Waals surface area contributed by atoms with Crippen molar-refractivity contribution in [3.05, 3.63) is 0 Å². The van der Waals surface area contributed by atoms with Gasteiger partial charge in [-0.05, 0) is 6.42 Å². The quantitative estimate of drug-likeness (QED) is 0.602. The first-order chi connectivity index (χ1) is 5.04. The molecule has 3 nitrogen and oxygen atoms in total. The van der Waals surface area contributed by atoms with Crippen molar-refractivity contribution >= 4 is 0 Å². The van der Waals surface area contributed by atoms with E-state index < -0.39 is 0 Å². The zero-order valence-electron chi connectivity index (χ0n) is 7.77. The van der Waals surface area contributed by atoms with E-state index >= 15 is 0 Å². The third-order valence-corrected chi connectivity index (χ3v) is 1.83. The first-order valence-corrected chi connectivity index (χ1v) is 4.20. The van der Waals surface area contributed by atoms with Crippen molar-refractivity contribution in [2.45, 2.75) is 46.6 Å². The standard InChI is InChI=1S/C8H18N2O/c1-5-6-9-10-7(11-6)8(2,3)4/h6-7,9-10H,5H2,1-4H3. The second kappa shape index (κ2) is 3.09. The summed E-state index contributed by atoms with van der Waals surface area (Å²) < 4.78 is 5.65. The molecule has 0 amide bonds. The Bertz CT molecular complexity index is 131. The zero-order chi connectivity index (χ0) is 8.48.